The first-order valence-corrected chi connectivity index (χ1v) is 10.7. The van der Waals surface area contributed by atoms with Crippen LogP contribution >= 0.6 is 0 Å². The van der Waals surface area contributed by atoms with Crippen molar-refractivity contribution in [3.05, 3.63) is 71.3 Å². The molecule has 29 heavy (non-hydrogen) atoms. The molecule has 2 aromatic carbocycles. The second-order valence-corrected chi connectivity index (χ2v) is 8.12. The van der Waals surface area contributed by atoms with Gasteiger partial charge in [-0.15, -0.1) is 0 Å². The van der Waals surface area contributed by atoms with Crippen LogP contribution in [-0.4, -0.2) is 17.7 Å². The molecule has 0 amide bonds. The van der Waals surface area contributed by atoms with Crippen molar-refractivity contribution in [2.24, 2.45) is 0 Å². The summed E-state index contributed by atoms with van der Waals surface area (Å²) in [5, 5.41) is 9.68. The van der Waals surface area contributed by atoms with Crippen LogP contribution in [0.15, 0.2) is 54.6 Å². The van der Waals surface area contributed by atoms with Crippen molar-refractivity contribution in [1.29, 1.82) is 0 Å². The molecule has 3 rings (SSSR count). The van der Waals surface area contributed by atoms with E-state index in [1.54, 1.807) is 6.92 Å². The van der Waals surface area contributed by atoms with Gasteiger partial charge in [-0.25, -0.2) is 4.79 Å². The summed E-state index contributed by atoms with van der Waals surface area (Å²) in [6, 6.07) is 15.2. The maximum atomic E-state index is 11.5. The first-order valence-electron chi connectivity index (χ1n) is 10.7. The number of aliphatic hydroxyl groups excluding tert-OH is 1. The number of aliphatic hydroxyl groups is 1. The van der Waals surface area contributed by atoms with Crippen molar-refractivity contribution in [1.82, 2.24) is 0 Å². The van der Waals surface area contributed by atoms with Crippen molar-refractivity contribution in [2.75, 3.05) is 6.61 Å². The second-order valence-electron chi connectivity index (χ2n) is 8.12. The van der Waals surface area contributed by atoms with E-state index in [1.165, 1.54) is 43.2 Å². The van der Waals surface area contributed by atoms with Crippen molar-refractivity contribution in [3.8, 4) is 11.1 Å². The van der Waals surface area contributed by atoms with Gasteiger partial charge in [0.1, 0.15) is 0 Å². The molecule has 2 aromatic rings. The Hall–Kier alpha value is -2.39. The van der Waals surface area contributed by atoms with E-state index in [1.807, 2.05) is 6.07 Å². The Balaban J connectivity index is 1.67. The lowest BCUT2D eigenvalue weighted by atomic mass is 9.83. The summed E-state index contributed by atoms with van der Waals surface area (Å²) in [7, 11) is 0. The molecule has 0 spiro atoms. The average molecular weight is 393 g/mol. The van der Waals surface area contributed by atoms with Crippen LogP contribution in [0.2, 0.25) is 0 Å². The molecule has 0 heterocycles. The Morgan fingerprint density at radius 1 is 1.03 bits per heavy atom. The molecule has 154 valence electrons. The molecule has 1 N–H and O–H groups in total. The van der Waals surface area contributed by atoms with Crippen LogP contribution in [0.25, 0.3) is 11.1 Å². The van der Waals surface area contributed by atoms with Crippen LogP contribution < -0.4 is 0 Å². The van der Waals surface area contributed by atoms with Gasteiger partial charge >= 0.3 is 5.97 Å². The molecular formula is C26H32O3. The first kappa shape index (κ1) is 21.3. The zero-order chi connectivity index (χ0) is 20.6. The van der Waals surface area contributed by atoms with E-state index in [0.29, 0.717) is 18.1 Å². The molecule has 1 saturated carbocycles. The molecule has 1 aliphatic rings. The lowest BCUT2D eigenvalue weighted by Crippen LogP contribution is -2.07. The minimum absolute atomic E-state index is 0.0157. The molecule has 0 aliphatic heterocycles. The molecule has 0 aromatic heterocycles. The van der Waals surface area contributed by atoms with E-state index in [-0.39, 0.29) is 12.6 Å². The number of hydrogen-bond donors (Lipinski definition) is 1. The van der Waals surface area contributed by atoms with Gasteiger partial charge in [-0.05, 0) is 66.3 Å². The largest absolute Gasteiger partial charge is 0.462 e. The fraction of sp³-hybridized carbons (Fsp3) is 0.423. The van der Waals surface area contributed by atoms with E-state index in [9.17, 15) is 9.90 Å². The predicted molar refractivity (Wildman–Crippen MR) is 118 cm³/mol. The minimum atomic E-state index is -0.348. The van der Waals surface area contributed by atoms with Gasteiger partial charge < -0.3 is 9.84 Å². The quantitative estimate of drug-likeness (QED) is 0.343. The number of benzene rings is 2. The molecule has 0 saturated heterocycles. The Morgan fingerprint density at radius 3 is 2.38 bits per heavy atom. The summed E-state index contributed by atoms with van der Waals surface area (Å²) >= 11 is 0. The normalized spacial score (nSPS) is 14.6. The van der Waals surface area contributed by atoms with E-state index >= 15 is 0 Å². The van der Waals surface area contributed by atoms with Crippen molar-refractivity contribution in [2.45, 2.75) is 64.4 Å². The highest BCUT2D eigenvalue weighted by Gasteiger charge is 2.15. The third-order valence-electron chi connectivity index (χ3n) is 5.87. The highest BCUT2D eigenvalue weighted by molar-refractivity contribution is 5.86. The molecule has 0 unspecified atom stereocenters. The number of rotatable bonds is 8. The van der Waals surface area contributed by atoms with Gasteiger partial charge in [-0.1, -0.05) is 68.3 Å². The SMILES string of the molecule is C=C(C)C(=O)OCCCc1cc(-c2ccc(C3CCCCC3)cc2)ccc1CO. The van der Waals surface area contributed by atoms with E-state index < -0.39 is 0 Å². The minimum Gasteiger partial charge on any atom is -0.462 e. The number of carbonyl (C=O) groups is 1. The van der Waals surface area contributed by atoms with E-state index in [0.717, 1.165) is 29.5 Å². The Bertz CT molecular complexity index is 830. The van der Waals surface area contributed by atoms with Crippen molar-refractivity contribution >= 4 is 5.97 Å². The molecule has 3 nitrogen and oxygen atoms in total. The van der Waals surface area contributed by atoms with Gasteiger partial charge in [0.15, 0.2) is 0 Å². The molecule has 0 radical (unpaired) electrons. The molecule has 1 aliphatic carbocycles. The lowest BCUT2D eigenvalue weighted by Gasteiger charge is -2.22. The highest BCUT2D eigenvalue weighted by atomic mass is 16.5. The van der Waals surface area contributed by atoms with E-state index in [4.69, 9.17) is 4.74 Å². The molecule has 3 heteroatoms. The average Bonchev–Trinajstić information content (AvgIpc) is 2.77. The monoisotopic (exact) mass is 392 g/mol. The van der Waals surface area contributed by atoms with Gasteiger partial charge in [0.25, 0.3) is 0 Å². The summed E-state index contributed by atoms with van der Waals surface area (Å²) in [5.41, 5.74) is 6.27. The molecule has 0 bridgehead atoms. The standard InChI is InChI=1S/C26H32O3/c1-19(2)26(28)29-16-6-9-23-17-24(14-15-25(23)18-27)22-12-10-21(11-13-22)20-7-4-3-5-8-20/h10-15,17,20,27H,1,3-9,16,18H2,2H3. The van der Waals surface area contributed by atoms with Crippen LogP contribution in [0.1, 0.15) is 68.1 Å². The highest BCUT2D eigenvalue weighted by Crippen LogP contribution is 2.34. The maximum absolute atomic E-state index is 11.5. The lowest BCUT2D eigenvalue weighted by molar-refractivity contribution is -0.139. The Morgan fingerprint density at radius 2 is 1.72 bits per heavy atom. The number of carbonyl (C=O) groups excluding carboxylic acids is 1. The van der Waals surface area contributed by atoms with Crippen molar-refractivity contribution < 1.29 is 14.6 Å². The van der Waals surface area contributed by atoms with Gasteiger partial charge in [0.05, 0.1) is 13.2 Å². The van der Waals surface area contributed by atoms with Crippen LogP contribution in [0.5, 0.6) is 0 Å². The number of ether oxygens (including phenoxy) is 1. The Kier molecular flexibility index (Phi) is 7.65. The Labute approximate surface area is 174 Å². The number of aryl methyl sites for hydroxylation is 1. The third kappa shape index (κ3) is 5.80. The third-order valence-corrected chi connectivity index (χ3v) is 5.87. The van der Waals surface area contributed by atoms with Crippen LogP contribution in [0.4, 0.5) is 0 Å². The number of hydrogen-bond acceptors (Lipinski definition) is 3. The molecule has 1 fully saturated rings. The van der Waals surface area contributed by atoms with Crippen molar-refractivity contribution in [3.63, 3.8) is 0 Å². The zero-order valence-electron chi connectivity index (χ0n) is 17.5. The molecule has 0 atom stereocenters. The van der Waals surface area contributed by atoms with Gasteiger partial charge in [-0.2, -0.15) is 0 Å². The number of esters is 1. The molecular weight excluding hydrogens is 360 g/mol. The topological polar surface area (TPSA) is 46.5 Å². The van der Waals surface area contributed by atoms with E-state index in [2.05, 4.69) is 43.0 Å². The maximum Gasteiger partial charge on any atom is 0.333 e. The second kappa shape index (κ2) is 10.4. The van der Waals surface area contributed by atoms with Gasteiger partial charge in [-0.3, -0.25) is 0 Å². The van der Waals surface area contributed by atoms with Gasteiger partial charge in [0.2, 0.25) is 0 Å². The fourth-order valence-corrected chi connectivity index (χ4v) is 4.13. The summed E-state index contributed by atoms with van der Waals surface area (Å²) in [5.74, 6) is 0.367. The van der Waals surface area contributed by atoms with Crippen LogP contribution in [0.3, 0.4) is 0 Å². The fourth-order valence-electron chi connectivity index (χ4n) is 4.13. The first-order chi connectivity index (χ1) is 14.1. The summed E-state index contributed by atoms with van der Waals surface area (Å²) in [6.45, 7) is 5.61. The predicted octanol–water partition coefficient (Wildman–Crippen LogP) is 5.95. The van der Waals surface area contributed by atoms with Crippen LogP contribution in [0, 0.1) is 0 Å². The van der Waals surface area contributed by atoms with Gasteiger partial charge in [0, 0.05) is 5.57 Å². The zero-order valence-corrected chi connectivity index (χ0v) is 17.5. The smallest absolute Gasteiger partial charge is 0.333 e. The summed E-state index contributed by atoms with van der Waals surface area (Å²) < 4.78 is 5.18. The van der Waals surface area contributed by atoms with Crippen LogP contribution in [-0.2, 0) is 22.6 Å². The summed E-state index contributed by atoms with van der Waals surface area (Å²) in [4.78, 5) is 11.5. The summed E-state index contributed by atoms with van der Waals surface area (Å²) in [6.07, 6.45) is 8.17.